The first kappa shape index (κ1) is 74.6. The Balaban J connectivity index is 2.28. The van der Waals surface area contributed by atoms with E-state index in [9.17, 15) is 38.2 Å². The maximum absolute atomic E-state index is 13.2. The molecule has 0 radical (unpaired) electrons. The molecular formula is C65H125NO11S. The summed E-state index contributed by atoms with van der Waals surface area (Å²) in [5.41, 5.74) is 0. The number of nitrogens with one attached hydrogen (secondary N) is 1. The van der Waals surface area contributed by atoms with Crippen molar-refractivity contribution in [1.29, 1.82) is 0 Å². The SMILES string of the molecule is CCCCCCCCCCC/C=C\C/C=C\CCCCCCCCCCCCCC(=O)NC(COC1OC(CO)C(O)C(OS(=O)(=O)O)C1O)C(O)CCCCCCCCCCCCCCCCCCCCCCCCCC. The molecule has 78 heavy (non-hydrogen) atoms. The highest BCUT2D eigenvalue weighted by Crippen LogP contribution is 2.26. The molecule has 0 spiro atoms. The third-order valence-electron chi connectivity index (χ3n) is 16.0. The van der Waals surface area contributed by atoms with Crippen LogP contribution >= 0.6 is 0 Å². The van der Waals surface area contributed by atoms with Crippen LogP contribution in [-0.4, -0.2) is 95.4 Å². The van der Waals surface area contributed by atoms with Gasteiger partial charge in [-0.3, -0.25) is 9.35 Å². The highest BCUT2D eigenvalue weighted by molar-refractivity contribution is 7.80. The summed E-state index contributed by atoms with van der Waals surface area (Å²) < 4.78 is 48.1. The molecule has 0 aromatic heterocycles. The second kappa shape index (κ2) is 54.8. The van der Waals surface area contributed by atoms with Gasteiger partial charge in [-0.25, -0.2) is 4.18 Å². The van der Waals surface area contributed by atoms with E-state index in [4.69, 9.17) is 9.47 Å². The number of carbonyl (C=O) groups is 1. The lowest BCUT2D eigenvalue weighted by molar-refractivity contribution is -0.298. The Kier molecular flexibility index (Phi) is 52.4. The molecule has 1 rings (SSSR count). The third kappa shape index (κ3) is 46.1. The minimum absolute atomic E-state index is 0.226. The molecule has 462 valence electrons. The molecule has 1 amide bonds. The van der Waals surface area contributed by atoms with Crippen LogP contribution < -0.4 is 5.32 Å². The molecule has 1 heterocycles. The molecule has 13 heteroatoms. The van der Waals surface area contributed by atoms with Gasteiger partial charge in [-0.1, -0.05) is 301 Å². The lowest BCUT2D eigenvalue weighted by atomic mass is 9.99. The van der Waals surface area contributed by atoms with E-state index in [0.29, 0.717) is 19.3 Å². The lowest BCUT2D eigenvalue weighted by Crippen LogP contribution is -2.61. The molecular weight excluding hydrogens is 1000 g/mol. The smallest absolute Gasteiger partial charge is 0.394 e. The second-order valence-corrected chi connectivity index (χ2v) is 24.5. The van der Waals surface area contributed by atoms with Gasteiger partial charge < -0.3 is 35.2 Å². The summed E-state index contributed by atoms with van der Waals surface area (Å²) in [7, 11) is -5.08. The lowest BCUT2D eigenvalue weighted by Gasteiger charge is -2.41. The minimum atomic E-state index is -5.08. The summed E-state index contributed by atoms with van der Waals surface area (Å²) in [5.74, 6) is -0.226. The van der Waals surface area contributed by atoms with Gasteiger partial charge in [-0.05, 0) is 44.9 Å². The molecule has 0 aromatic carbocycles. The second-order valence-electron chi connectivity index (χ2n) is 23.4. The van der Waals surface area contributed by atoms with Gasteiger partial charge in [0.1, 0.15) is 24.4 Å². The summed E-state index contributed by atoms with van der Waals surface area (Å²) in [5, 5.41) is 45.3. The summed E-state index contributed by atoms with van der Waals surface area (Å²) in [6, 6.07) is -0.860. The van der Waals surface area contributed by atoms with Crippen LogP contribution in [0.15, 0.2) is 24.3 Å². The number of hydrogen-bond donors (Lipinski definition) is 6. The number of unbranched alkanes of at least 4 members (excludes halogenated alkanes) is 43. The van der Waals surface area contributed by atoms with Crippen molar-refractivity contribution in [2.24, 2.45) is 0 Å². The third-order valence-corrected chi connectivity index (χ3v) is 16.5. The molecule has 12 nitrogen and oxygen atoms in total. The van der Waals surface area contributed by atoms with Crippen molar-refractivity contribution in [1.82, 2.24) is 5.32 Å². The molecule has 7 atom stereocenters. The fourth-order valence-corrected chi connectivity index (χ4v) is 11.4. The Labute approximate surface area is 480 Å². The number of carbonyl (C=O) groups excluding carboxylic acids is 1. The Hall–Kier alpha value is -1.42. The fourth-order valence-electron chi connectivity index (χ4n) is 10.9. The van der Waals surface area contributed by atoms with Gasteiger partial charge in [0.05, 0.1) is 25.4 Å². The van der Waals surface area contributed by atoms with Gasteiger partial charge in [-0.15, -0.1) is 0 Å². The van der Waals surface area contributed by atoms with Gasteiger partial charge in [0.25, 0.3) is 0 Å². The summed E-state index contributed by atoms with van der Waals surface area (Å²) in [6.45, 7) is 3.51. The summed E-state index contributed by atoms with van der Waals surface area (Å²) in [6.07, 6.45) is 60.5. The van der Waals surface area contributed by atoms with Crippen LogP contribution in [0.4, 0.5) is 0 Å². The Morgan fingerprint density at radius 1 is 0.513 bits per heavy atom. The van der Waals surface area contributed by atoms with Crippen molar-refractivity contribution in [3.8, 4) is 0 Å². The Morgan fingerprint density at radius 3 is 1.22 bits per heavy atom. The number of rotatable bonds is 59. The van der Waals surface area contributed by atoms with Gasteiger partial charge >= 0.3 is 10.4 Å². The standard InChI is InChI=1S/C65H125NO11S/c1-3-5-7-9-11-13-15-17-19-21-23-25-27-29-30-31-33-35-37-39-41-43-45-47-49-51-53-55-61(69)66-58(57-75-65-63(71)64(77-78(72,73)74)62(70)60(56-67)76-65)59(68)54-52-50-48-46-44-42-40-38-36-34-32-28-26-24-22-20-18-16-14-12-10-8-6-4-2/h23,25,29-30,58-60,62-65,67-68,70-71H,3-22,24,26-28,31-57H2,1-2H3,(H,66,69)(H,72,73,74)/b25-23-,30-29-. The van der Waals surface area contributed by atoms with Crippen molar-refractivity contribution < 1.29 is 51.8 Å². The van der Waals surface area contributed by atoms with Crippen LogP contribution in [0.1, 0.15) is 328 Å². The van der Waals surface area contributed by atoms with E-state index in [1.165, 1.54) is 244 Å². The van der Waals surface area contributed by atoms with Crippen molar-refractivity contribution in [2.75, 3.05) is 13.2 Å². The van der Waals surface area contributed by atoms with E-state index in [2.05, 4.69) is 47.7 Å². The van der Waals surface area contributed by atoms with E-state index in [1.807, 2.05) is 0 Å². The van der Waals surface area contributed by atoms with E-state index in [0.717, 1.165) is 51.4 Å². The van der Waals surface area contributed by atoms with E-state index in [-0.39, 0.29) is 12.5 Å². The molecule has 1 aliphatic heterocycles. The maximum Gasteiger partial charge on any atom is 0.397 e. The van der Waals surface area contributed by atoms with Crippen LogP contribution in [0.3, 0.4) is 0 Å². The topological polar surface area (TPSA) is 192 Å². The molecule has 6 N–H and O–H groups in total. The highest BCUT2D eigenvalue weighted by Gasteiger charge is 2.48. The number of ether oxygens (including phenoxy) is 2. The van der Waals surface area contributed by atoms with Crippen LogP contribution in [-0.2, 0) is 28.9 Å². The van der Waals surface area contributed by atoms with Crippen molar-refractivity contribution in [3.63, 3.8) is 0 Å². The number of aliphatic hydroxyl groups excluding tert-OH is 4. The largest absolute Gasteiger partial charge is 0.397 e. The van der Waals surface area contributed by atoms with Crippen molar-refractivity contribution in [3.05, 3.63) is 24.3 Å². The Morgan fingerprint density at radius 2 is 0.859 bits per heavy atom. The number of hydrogen-bond acceptors (Lipinski definition) is 10. The molecule has 0 aromatic rings. The van der Waals surface area contributed by atoms with E-state index >= 15 is 0 Å². The molecule has 0 aliphatic carbocycles. The van der Waals surface area contributed by atoms with Gasteiger partial charge in [-0.2, -0.15) is 8.42 Å². The molecule has 1 aliphatic rings. The number of allylic oxidation sites excluding steroid dienone is 4. The summed E-state index contributed by atoms with van der Waals surface area (Å²) in [4.78, 5) is 13.2. The van der Waals surface area contributed by atoms with Crippen LogP contribution in [0.25, 0.3) is 0 Å². The van der Waals surface area contributed by atoms with Crippen LogP contribution in [0.5, 0.6) is 0 Å². The van der Waals surface area contributed by atoms with Crippen molar-refractivity contribution in [2.45, 2.75) is 371 Å². The van der Waals surface area contributed by atoms with E-state index < -0.39 is 59.9 Å². The average molecular weight is 1130 g/mol. The zero-order valence-corrected chi connectivity index (χ0v) is 51.3. The summed E-state index contributed by atoms with van der Waals surface area (Å²) >= 11 is 0. The predicted molar refractivity (Wildman–Crippen MR) is 324 cm³/mol. The van der Waals surface area contributed by atoms with Gasteiger partial charge in [0.15, 0.2) is 6.29 Å². The first-order valence-corrected chi connectivity index (χ1v) is 34.6. The first-order valence-electron chi connectivity index (χ1n) is 33.2. The monoisotopic (exact) mass is 1130 g/mol. The predicted octanol–water partition coefficient (Wildman–Crippen LogP) is 16.7. The Bertz CT molecular complexity index is 1470. The van der Waals surface area contributed by atoms with Crippen molar-refractivity contribution >= 4 is 16.3 Å². The number of aliphatic hydroxyl groups is 4. The fraction of sp³-hybridized carbons (Fsp3) is 0.923. The van der Waals surface area contributed by atoms with Crippen LogP contribution in [0, 0.1) is 0 Å². The minimum Gasteiger partial charge on any atom is -0.394 e. The quantitative estimate of drug-likeness (QED) is 0.0193. The molecule has 0 bridgehead atoms. The first-order chi connectivity index (χ1) is 38.0. The zero-order valence-electron chi connectivity index (χ0n) is 50.5. The van der Waals surface area contributed by atoms with Gasteiger partial charge in [0.2, 0.25) is 5.91 Å². The van der Waals surface area contributed by atoms with Crippen LogP contribution in [0.2, 0.25) is 0 Å². The zero-order chi connectivity index (χ0) is 56.8. The number of amides is 1. The molecule has 0 saturated carbocycles. The molecule has 1 fully saturated rings. The highest BCUT2D eigenvalue weighted by atomic mass is 32.3. The molecule has 1 saturated heterocycles. The van der Waals surface area contributed by atoms with E-state index in [1.54, 1.807) is 0 Å². The normalized spacial score (nSPS) is 18.9. The molecule has 7 unspecified atom stereocenters. The maximum atomic E-state index is 13.2. The average Bonchev–Trinajstić information content (AvgIpc) is 3.45. The van der Waals surface area contributed by atoms with Gasteiger partial charge in [0, 0.05) is 6.42 Å².